The van der Waals surface area contributed by atoms with E-state index >= 15 is 0 Å². The molecular formula is C5H8NO2. The van der Waals surface area contributed by atoms with Crippen molar-refractivity contribution in [2.75, 3.05) is 6.61 Å². The van der Waals surface area contributed by atoms with Crippen LogP contribution in [0.2, 0.25) is 0 Å². The Balaban J connectivity index is 2.35. The van der Waals surface area contributed by atoms with Crippen molar-refractivity contribution in [3.63, 3.8) is 0 Å². The zero-order valence-corrected chi connectivity index (χ0v) is 4.46. The van der Waals surface area contributed by atoms with Gasteiger partial charge in [-0.1, -0.05) is 0 Å². The maximum atomic E-state index is 10.3. The summed E-state index contributed by atoms with van der Waals surface area (Å²) in [6.07, 6.45) is 2.20. The Morgan fingerprint density at radius 2 is 2.62 bits per heavy atom. The second-order valence-electron chi connectivity index (χ2n) is 1.72. The fourth-order valence-corrected chi connectivity index (χ4v) is 0.681. The quantitative estimate of drug-likeness (QED) is 0.498. The van der Waals surface area contributed by atoms with Crippen molar-refractivity contribution < 1.29 is 9.53 Å². The van der Waals surface area contributed by atoms with Gasteiger partial charge in [-0.15, -0.1) is 0 Å². The summed E-state index contributed by atoms with van der Waals surface area (Å²) in [5.74, 6) is -0.387. The molecular weight excluding hydrogens is 106 g/mol. The fourth-order valence-electron chi connectivity index (χ4n) is 0.681. The fraction of sp³-hybridized carbons (Fsp3) is 0.600. The summed E-state index contributed by atoms with van der Waals surface area (Å²) in [7, 11) is 0. The highest BCUT2D eigenvalue weighted by Crippen LogP contribution is 2.08. The van der Waals surface area contributed by atoms with Crippen molar-refractivity contribution in [1.29, 1.82) is 0 Å². The Kier molecular flexibility index (Phi) is 1.48. The molecule has 0 aliphatic carbocycles. The second kappa shape index (κ2) is 2.13. The predicted molar refractivity (Wildman–Crippen MR) is 27.9 cm³/mol. The highest BCUT2D eigenvalue weighted by atomic mass is 16.5. The average Bonchev–Trinajstić information content (AvgIpc) is 2.12. The highest BCUT2D eigenvalue weighted by molar-refractivity contribution is 5.80. The van der Waals surface area contributed by atoms with Crippen molar-refractivity contribution in [2.45, 2.75) is 12.5 Å². The van der Waals surface area contributed by atoms with Crippen LogP contribution in [0.4, 0.5) is 0 Å². The molecule has 0 saturated carbocycles. The van der Waals surface area contributed by atoms with Gasteiger partial charge in [0.05, 0.1) is 0 Å². The van der Waals surface area contributed by atoms with Gasteiger partial charge >= 0.3 is 0 Å². The van der Waals surface area contributed by atoms with Gasteiger partial charge in [-0.3, -0.25) is 4.79 Å². The third-order valence-corrected chi connectivity index (χ3v) is 1.08. The summed E-state index contributed by atoms with van der Waals surface area (Å²) in [5, 5.41) is 0. The lowest BCUT2D eigenvalue weighted by atomic mass is 10.2. The van der Waals surface area contributed by atoms with Crippen LogP contribution in [0, 0.1) is 6.42 Å². The number of primary amides is 1. The van der Waals surface area contributed by atoms with Crippen LogP contribution >= 0.6 is 0 Å². The minimum Gasteiger partial charge on any atom is -0.368 e. The van der Waals surface area contributed by atoms with E-state index in [0.717, 1.165) is 6.42 Å². The van der Waals surface area contributed by atoms with Gasteiger partial charge in [0.15, 0.2) is 0 Å². The molecule has 3 heteroatoms. The molecule has 0 aromatic heterocycles. The largest absolute Gasteiger partial charge is 0.368 e. The molecule has 1 radical (unpaired) electrons. The molecule has 0 aromatic rings. The maximum absolute atomic E-state index is 10.3. The molecule has 0 bridgehead atoms. The third kappa shape index (κ3) is 0.980. The van der Waals surface area contributed by atoms with E-state index in [0.29, 0.717) is 6.61 Å². The van der Waals surface area contributed by atoms with Crippen molar-refractivity contribution >= 4 is 5.91 Å². The van der Waals surface area contributed by atoms with E-state index in [1.165, 1.54) is 0 Å². The van der Waals surface area contributed by atoms with Gasteiger partial charge in [-0.25, -0.2) is 0 Å². The number of carbonyl (C=O) groups excluding carboxylic acids is 1. The predicted octanol–water partition coefficient (Wildman–Crippen LogP) is -0.535. The highest BCUT2D eigenvalue weighted by Gasteiger charge is 2.20. The van der Waals surface area contributed by atoms with E-state index in [1.54, 1.807) is 6.42 Å². The zero-order chi connectivity index (χ0) is 5.98. The first-order valence-corrected chi connectivity index (χ1v) is 2.55. The van der Waals surface area contributed by atoms with Gasteiger partial charge < -0.3 is 10.5 Å². The molecule has 3 nitrogen and oxygen atoms in total. The van der Waals surface area contributed by atoms with Gasteiger partial charge in [0, 0.05) is 13.0 Å². The Morgan fingerprint density at radius 1 is 1.88 bits per heavy atom. The average molecular weight is 114 g/mol. The molecule has 1 amide bonds. The molecule has 0 aromatic carbocycles. The molecule has 2 N–H and O–H groups in total. The first-order valence-electron chi connectivity index (χ1n) is 2.55. The summed E-state index contributed by atoms with van der Waals surface area (Å²) in [5.41, 5.74) is 4.90. The Morgan fingerprint density at radius 3 is 2.88 bits per heavy atom. The lowest BCUT2D eigenvalue weighted by Gasteiger charge is -1.99. The molecule has 8 heavy (non-hydrogen) atoms. The molecule has 1 unspecified atom stereocenters. The van der Waals surface area contributed by atoms with E-state index in [2.05, 4.69) is 0 Å². The number of carbonyl (C=O) groups is 1. The maximum Gasteiger partial charge on any atom is 0.246 e. The van der Waals surface area contributed by atoms with Gasteiger partial charge in [0.1, 0.15) is 6.10 Å². The monoisotopic (exact) mass is 114 g/mol. The molecule has 0 spiro atoms. The Labute approximate surface area is 47.8 Å². The van der Waals surface area contributed by atoms with Crippen molar-refractivity contribution in [3.05, 3.63) is 6.42 Å². The molecule has 1 fully saturated rings. The van der Waals surface area contributed by atoms with Crippen LogP contribution in [0.15, 0.2) is 0 Å². The lowest BCUT2D eigenvalue weighted by Crippen LogP contribution is -2.27. The van der Waals surface area contributed by atoms with Crippen LogP contribution in [-0.2, 0) is 9.53 Å². The number of ether oxygens (including phenoxy) is 1. The second-order valence-corrected chi connectivity index (χ2v) is 1.72. The first kappa shape index (κ1) is 5.56. The van der Waals surface area contributed by atoms with Crippen molar-refractivity contribution in [1.82, 2.24) is 0 Å². The standard InChI is InChI=1S/C5H8NO2/c6-5(7)4-2-1-3-8-4/h2,4H,1,3H2,(H2,6,7). The lowest BCUT2D eigenvalue weighted by molar-refractivity contribution is -0.125. The summed E-state index contributed by atoms with van der Waals surface area (Å²) in [6.45, 7) is 0.633. The van der Waals surface area contributed by atoms with E-state index in [-0.39, 0.29) is 5.91 Å². The molecule has 45 valence electrons. The van der Waals surface area contributed by atoms with Gasteiger partial charge in [0.2, 0.25) is 5.91 Å². The van der Waals surface area contributed by atoms with Crippen LogP contribution in [0.1, 0.15) is 6.42 Å². The smallest absolute Gasteiger partial charge is 0.246 e. The van der Waals surface area contributed by atoms with E-state index < -0.39 is 6.10 Å². The number of hydrogen-bond donors (Lipinski definition) is 1. The molecule has 1 atom stereocenters. The summed E-state index contributed by atoms with van der Waals surface area (Å²) < 4.78 is 4.88. The molecule has 1 aliphatic heterocycles. The van der Waals surface area contributed by atoms with Crippen LogP contribution in [0.25, 0.3) is 0 Å². The number of rotatable bonds is 1. The Hall–Kier alpha value is -0.570. The van der Waals surface area contributed by atoms with E-state index in [9.17, 15) is 4.79 Å². The minimum atomic E-state index is -0.421. The summed E-state index contributed by atoms with van der Waals surface area (Å²) in [4.78, 5) is 10.3. The van der Waals surface area contributed by atoms with Gasteiger partial charge in [-0.05, 0) is 6.42 Å². The van der Waals surface area contributed by atoms with E-state index in [4.69, 9.17) is 10.5 Å². The van der Waals surface area contributed by atoms with Gasteiger partial charge in [0.25, 0.3) is 0 Å². The first-order chi connectivity index (χ1) is 3.80. The molecule has 1 saturated heterocycles. The summed E-state index contributed by atoms with van der Waals surface area (Å²) in [6, 6.07) is 0. The SMILES string of the molecule is NC(=O)C1[CH]CCO1. The van der Waals surface area contributed by atoms with Crippen LogP contribution in [-0.4, -0.2) is 18.6 Å². The van der Waals surface area contributed by atoms with Crippen LogP contribution < -0.4 is 5.73 Å². The molecule has 1 aliphatic rings. The molecule has 1 rings (SSSR count). The van der Waals surface area contributed by atoms with Gasteiger partial charge in [-0.2, -0.15) is 0 Å². The molecule has 1 heterocycles. The number of hydrogen-bond acceptors (Lipinski definition) is 2. The summed E-state index contributed by atoms with van der Waals surface area (Å²) >= 11 is 0. The minimum absolute atomic E-state index is 0.387. The third-order valence-electron chi connectivity index (χ3n) is 1.08. The van der Waals surface area contributed by atoms with Crippen molar-refractivity contribution in [3.8, 4) is 0 Å². The van der Waals surface area contributed by atoms with Crippen LogP contribution in [0.5, 0.6) is 0 Å². The number of amides is 1. The normalized spacial score (nSPS) is 28.2. The topological polar surface area (TPSA) is 52.3 Å². The van der Waals surface area contributed by atoms with Crippen molar-refractivity contribution in [2.24, 2.45) is 5.73 Å². The van der Waals surface area contributed by atoms with Crippen LogP contribution in [0.3, 0.4) is 0 Å². The Bertz CT molecular complexity index is 96.6. The van der Waals surface area contributed by atoms with E-state index in [1.807, 2.05) is 0 Å². The zero-order valence-electron chi connectivity index (χ0n) is 4.46. The number of nitrogens with two attached hydrogens (primary N) is 1.